The number of rotatable bonds is 7. The van der Waals surface area contributed by atoms with E-state index in [-0.39, 0.29) is 5.91 Å². The van der Waals surface area contributed by atoms with Gasteiger partial charge in [-0.15, -0.1) is 0 Å². The third kappa shape index (κ3) is 3.60. The molecule has 0 bridgehead atoms. The van der Waals surface area contributed by atoms with Crippen LogP contribution in [0.5, 0.6) is 0 Å². The molecule has 1 aromatic rings. The summed E-state index contributed by atoms with van der Waals surface area (Å²) in [5.74, 6) is 0.216. The molecule has 0 aliphatic heterocycles. The van der Waals surface area contributed by atoms with Crippen LogP contribution in [-0.2, 0) is 0 Å². The number of nitrogens with one attached hydrogen (secondary N) is 1. The molecule has 102 valence electrons. The number of carbonyl (C=O) groups is 1. The van der Waals surface area contributed by atoms with E-state index < -0.39 is 0 Å². The van der Waals surface area contributed by atoms with E-state index >= 15 is 0 Å². The molecule has 1 heterocycles. The Kier molecular flexibility index (Phi) is 5.91. The summed E-state index contributed by atoms with van der Waals surface area (Å²) in [6, 6.07) is 0. The van der Waals surface area contributed by atoms with Gasteiger partial charge in [0.25, 0.3) is 5.91 Å². The SMILES string of the molecule is CCCCNC(=O)c1sc(N(CC)CC)nc1N. The zero-order valence-electron chi connectivity index (χ0n) is 11.3. The smallest absolute Gasteiger partial charge is 0.265 e. The minimum atomic E-state index is -0.114. The minimum absolute atomic E-state index is 0.114. The molecule has 3 N–H and O–H groups in total. The standard InChI is InChI=1S/C12H22N4OS/c1-4-7-8-14-11(17)9-10(13)15-12(18-9)16(5-2)6-3/h4-8,13H2,1-3H3,(H,14,17). The second kappa shape index (κ2) is 7.20. The number of amides is 1. The molecule has 1 rings (SSSR count). The lowest BCUT2D eigenvalue weighted by Crippen LogP contribution is -2.24. The van der Waals surface area contributed by atoms with Crippen LogP contribution in [0.4, 0.5) is 10.9 Å². The van der Waals surface area contributed by atoms with E-state index in [1.165, 1.54) is 11.3 Å². The van der Waals surface area contributed by atoms with Gasteiger partial charge in [0.1, 0.15) is 10.7 Å². The average Bonchev–Trinajstić information content (AvgIpc) is 2.73. The van der Waals surface area contributed by atoms with E-state index in [2.05, 4.69) is 36.0 Å². The maximum atomic E-state index is 11.9. The van der Waals surface area contributed by atoms with Gasteiger partial charge in [-0.05, 0) is 20.3 Å². The van der Waals surface area contributed by atoms with Gasteiger partial charge in [0.15, 0.2) is 5.13 Å². The first kappa shape index (κ1) is 14.8. The lowest BCUT2D eigenvalue weighted by molar-refractivity contribution is 0.0958. The van der Waals surface area contributed by atoms with Crippen molar-refractivity contribution in [1.29, 1.82) is 0 Å². The second-order valence-corrected chi connectivity index (χ2v) is 4.97. The molecule has 6 heteroatoms. The molecule has 18 heavy (non-hydrogen) atoms. The molecule has 0 aromatic carbocycles. The number of unbranched alkanes of at least 4 members (excludes halogenated alkanes) is 1. The molecule has 5 nitrogen and oxygen atoms in total. The topological polar surface area (TPSA) is 71.2 Å². The van der Waals surface area contributed by atoms with Crippen LogP contribution < -0.4 is 16.0 Å². The van der Waals surface area contributed by atoms with Crippen molar-refractivity contribution in [2.75, 3.05) is 30.3 Å². The highest BCUT2D eigenvalue weighted by molar-refractivity contribution is 7.18. The monoisotopic (exact) mass is 270 g/mol. The van der Waals surface area contributed by atoms with E-state index in [0.717, 1.165) is 31.1 Å². The predicted molar refractivity (Wildman–Crippen MR) is 77.3 cm³/mol. The van der Waals surface area contributed by atoms with E-state index in [1.807, 2.05) is 0 Å². The number of carbonyl (C=O) groups excluding carboxylic acids is 1. The molecular weight excluding hydrogens is 248 g/mol. The Morgan fingerprint density at radius 1 is 1.39 bits per heavy atom. The number of hydrogen-bond acceptors (Lipinski definition) is 5. The number of nitrogen functional groups attached to an aromatic ring is 1. The van der Waals surface area contributed by atoms with Gasteiger partial charge < -0.3 is 16.0 Å². The van der Waals surface area contributed by atoms with Crippen molar-refractivity contribution in [3.05, 3.63) is 4.88 Å². The van der Waals surface area contributed by atoms with Crippen molar-refractivity contribution in [2.24, 2.45) is 0 Å². The summed E-state index contributed by atoms with van der Waals surface area (Å²) in [5.41, 5.74) is 5.81. The van der Waals surface area contributed by atoms with Gasteiger partial charge in [-0.1, -0.05) is 24.7 Å². The van der Waals surface area contributed by atoms with Crippen molar-refractivity contribution in [3.8, 4) is 0 Å². The van der Waals surface area contributed by atoms with Crippen molar-refractivity contribution >= 4 is 28.2 Å². The quantitative estimate of drug-likeness (QED) is 0.744. The van der Waals surface area contributed by atoms with Crippen LogP contribution in [0.2, 0.25) is 0 Å². The average molecular weight is 270 g/mol. The molecule has 1 amide bonds. The van der Waals surface area contributed by atoms with Gasteiger partial charge in [-0.25, -0.2) is 4.98 Å². The third-order valence-electron chi connectivity index (χ3n) is 2.70. The summed E-state index contributed by atoms with van der Waals surface area (Å²) in [5, 5.41) is 3.68. The van der Waals surface area contributed by atoms with Crippen LogP contribution in [0, 0.1) is 0 Å². The van der Waals surface area contributed by atoms with Crippen molar-refractivity contribution in [3.63, 3.8) is 0 Å². The molecule has 0 unspecified atom stereocenters. The van der Waals surface area contributed by atoms with Gasteiger partial charge in [0, 0.05) is 19.6 Å². The Hall–Kier alpha value is -1.30. The van der Waals surface area contributed by atoms with Crippen molar-refractivity contribution in [2.45, 2.75) is 33.6 Å². The summed E-state index contributed by atoms with van der Waals surface area (Å²) < 4.78 is 0. The number of nitrogens with zero attached hydrogens (tertiary/aromatic N) is 2. The molecule has 0 spiro atoms. The van der Waals surface area contributed by atoms with E-state index in [1.54, 1.807) is 0 Å². The van der Waals surface area contributed by atoms with Gasteiger partial charge in [-0.2, -0.15) is 0 Å². The summed E-state index contributed by atoms with van der Waals surface area (Å²) >= 11 is 1.36. The summed E-state index contributed by atoms with van der Waals surface area (Å²) in [7, 11) is 0. The lowest BCUT2D eigenvalue weighted by atomic mass is 10.3. The molecular formula is C12H22N4OS. The van der Waals surface area contributed by atoms with E-state index in [4.69, 9.17) is 5.73 Å². The first-order chi connectivity index (χ1) is 8.63. The van der Waals surface area contributed by atoms with Crippen LogP contribution >= 0.6 is 11.3 Å². The molecule has 1 aromatic heterocycles. The highest BCUT2D eigenvalue weighted by Gasteiger charge is 2.17. The Morgan fingerprint density at radius 3 is 2.61 bits per heavy atom. The van der Waals surface area contributed by atoms with E-state index in [9.17, 15) is 4.79 Å². The van der Waals surface area contributed by atoms with Crippen LogP contribution in [0.1, 0.15) is 43.3 Å². The zero-order valence-corrected chi connectivity index (χ0v) is 12.1. The normalized spacial score (nSPS) is 10.4. The van der Waals surface area contributed by atoms with Gasteiger partial charge in [0.2, 0.25) is 0 Å². The van der Waals surface area contributed by atoms with Crippen molar-refractivity contribution < 1.29 is 4.79 Å². The maximum absolute atomic E-state index is 11.9. The fourth-order valence-corrected chi connectivity index (χ4v) is 2.60. The lowest BCUT2D eigenvalue weighted by Gasteiger charge is -2.16. The highest BCUT2D eigenvalue weighted by atomic mass is 32.1. The highest BCUT2D eigenvalue weighted by Crippen LogP contribution is 2.27. The first-order valence-electron chi connectivity index (χ1n) is 6.43. The Morgan fingerprint density at radius 2 is 2.06 bits per heavy atom. The number of hydrogen-bond donors (Lipinski definition) is 2. The molecule has 0 aliphatic rings. The predicted octanol–water partition coefficient (Wildman–Crippen LogP) is 2.10. The minimum Gasteiger partial charge on any atom is -0.382 e. The molecule has 0 radical (unpaired) electrons. The van der Waals surface area contributed by atoms with Crippen LogP contribution in [0.3, 0.4) is 0 Å². The summed E-state index contributed by atoms with van der Waals surface area (Å²) in [4.78, 5) is 18.8. The Balaban J connectivity index is 2.74. The fraction of sp³-hybridized carbons (Fsp3) is 0.667. The third-order valence-corrected chi connectivity index (χ3v) is 3.83. The molecule has 0 saturated carbocycles. The van der Waals surface area contributed by atoms with Gasteiger partial charge >= 0.3 is 0 Å². The maximum Gasteiger partial charge on any atom is 0.265 e. The number of anilines is 2. The van der Waals surface area contributed by atoms with Gasteiger partial charge in [-0.3, -0.25) is 4.79 Å². The van der Waals surface area contributed by atoms with Crippen molar-refractivity contribution in [1.82, 2.24) is 10.3 Å². The molecule has 0 atom stereocenters. The second-order valence-electron chi connectivity index (χ2n) is 3.99. The zero-order chi connectivity index (χ0) is 13.5. The summed E-state index contributed by atoms with van der Waals surface area (Å²) in [6.07, 6.45) is 2.04. The molecule has 0 fully saturated rings. The fourth-order valence-electron chi connectivity index (χ4n) is 1.57. The number of nitrogens with two attached hydrogens (primary N) is 1. The molecule has 0 saturated heterocycles. The number of aromatic nitrogens is 1. The Bertz CT molecular complexity index is 387. The van der Waals surface area contributed by atoms with Crippen LogP contribution in [-0.4, -0.2) is 30.5 Å². The summed E-state index contributed by atoms with van der Waals surface area (Å²) in [6.45, 7) is 8.61. The van der Waals surface area contributed by atoms with Crippen LogP contribution in [0.15, 0.2) is 0 Å². The van der Waals surface area contributed by atoms with Gasteiger partial charge in [0.05, 0.1) is 0 Å². The molecule has 0 aliphatic carbocycles. The van der Waals surface area contributed by atoms with Crippen LogP contribution in [0.25, 0.3) is 0 Å². The first-order valence-corrected chi connectivity index (χ1v) is 7.25. The Labute approximate surface area is 112 Å². The largest absolute Gasteiger partial charge is 0.382 e. The van der Waals surface area contributed by atoms with E-state index in [0.29, 0.717) is 17.2 Å². The number of thiazole rings is 1.